The number of aromatic nitrogens is 1. The largest absolute Gasteiger partial charge is 0.446 e. The number of hydrogen-bond donors (Lipinski definition) is 1. The van der Waals surface area contributed by atoms with Gasteiger partial charge in [-0.15, -0.1) is 0 Å². The number of pyridine rings is 1. The number of nitrogens with zero attached hydrogens (tertiary/aromatic N) is 3. The molecular weight excluding hydrogens is 477 g/mol. The van der Waals surface area contributed by atoms with E-state index in [4.69, 9.17) is 4.74 Å². The van der Waals surface area contributed by atoms with Gasteiger partial charge in [-0.05, 0) is 79.7 Å². The highest BCUT2D eigenvalue weighted by molar-refractivity contribution is 8.00. The Labute approximate surface area is 206 Å². The van der Waals surface area contributed by atoms with Crippen molar-refractivity contribution >= 4 is 29.4 Å². The first-order valence-corrected chi connectivity index (χ1v) is 11.7. The molecule has 1 amide bonds. The van der Waals surface area contributed by atoms with Crippen molar-refractivity contribution in [2.24, 2.45) is 0 Å². The monoisotopic (exact) mass is 502 g/mol. The molecule has 3 aromatic rings. The first-order valence-electron chi connectivity index (χ1n) is 10.9. The fourth-order valence-electron chi connectivity index (χ4n) is 3.90. The third kappa shape index (κ3) is 6.89. The van der Waals surface area contributed by atoms with Crippen molar-refractivity contribution in [2.75, 3.05) is 23.4 Å². The van der Waals surface area contributed by atoms with Gasteiger partial charge in [0.25, 0.3) is 0 Å². The summed E-state index contributed by atoms with van der Waals surface area (Å²) in [5.74, 6) is 0.820. The molecule has 6 nitrogen and oxygen atoms in total. The molecular formula is C25H25F3N4O2S. The summed E-state index contributed by atoms with van der Waals surface area (Å²) in [5.41, 5.74) is -2.65. The first-order chi connectivity index (χ1) is 16.6. The Morgan fingerprint density at radius 2 is 1.83 bits per heavy atom. The number of amides is 1. The molecule has 0 unspecified atom stereocenters. The lowest BCUT2D eigenvalue weighted by Crippen LogP contribution is -2.39. The number of nitrogens with one attached hydrogen (secondary N) is 1. The Bertz CT molecular complexity index is 1160. The Kier molecular flexibility index (Phi) is 7.23. The highest BCUT2D eigenvalue weighted by Crippen LogP contribution is 2.38. The van der Waals surface area contributed by atoms with Crippen molar-refractivity contribution in [1.29, 1.82) is 0 Å². The second kappa shape index (κ2) is 10.2. The highest BCUT2D eigenvalue weighted by Gasteiger charge is 2.37. The van der Waals surface area contributed by atoms with Crippen molar-refractivity contribution in [1.82, 2.24) is 9.88 Å². The number of hydrogen-bond acceptors (Lipinski definition) is 6. The molecule has 0 radical (unpaired) electrons. The smallest absolute Gasteiger partial charge is 0.410 e. The van der Waals surface area contributed by atoms with Crippen LogP contribution >= 0.6 is 11.8 Å². The number of rotatable bonds is 6. The van der Waals surface area contributed by atoms with E-state index in [2.05, 4.69) is 33.9 Å². The van der Waals surface area contributed by atoms with Crippen molar-refractivity contribution in [3.05, 3.63) is 78.5 Å². The van der Waals surface area contributed by atoms with E-state index in [0.29, 0.717) is 24.8 Å². The zero-order valence-electron chi connectivity index (χ0n) is 19.2. The molecule has 1 aliphatic heterocycles. The number of thioether (sulfide) groups is 1. The first kappa shape index (κ1) is 24.9. The van der Waals surface area contributed by atoms with Gasteiger partial charge in [-0.25, -0.2) is 9.78 Å². The van der Waals surface area contributed by atoms with Crippen molar-refractivity contribution in [3.8, 4) is 5.75 Å². The van der Waals surface area contributed by atoms with Crippen LogP contribution in [0, 0.1) is 0 Å². The fraction of sp³-hybridized carbons (Fsp3) is 0.280. The van der Waals surface area contributed by atoms with Gasteiger partial charge in [0.05, 0.1) is 6.67 Å². The zero-order chi connectivity index (χ0) is 25.1. The normalized spacial score (nSPS) is 15.7. The second-order valence-corrected chi connectivity index (χ2v) is 9.91. The summed E-state index contributed by atoms with van der Waals surface area (Å²) >= 11 is -0.114. The molecule has 1 aromatic heterocycles. The maximum absolute atomic E-state index is 12.6. The van der Waals surface area contributed by atoms with Crippen LogP contribution in [0.5, 0.6) is 5.75 Å². The summed E-state index contributed by atoms with van der Waals surface area (Å²) in [5, 5.41) is 2.65. The molecule has 0 aliphatic carbocycles. The zero-order valence-corrected chi connectivity index (χ0v) is 20.1. The number of carbonyl (C=O) groups is 1. The molecule has 35 heavy (non-hydrogen) atoms. The highest BCUT2D eigenvalue weighted by atomic mass is 32.2. The van der Waals surface area contributed by atoms with Gasteiger partial charge in [0.2, 0.25) is 0 Å². The molecule has 2 aromatic carbocycles. The Balaban J connectivity index is 1.38. The van der Waals surface area contributed by atoms with Crippen LogP contribution in [0.1, 0.15) is 19.4 Å². The van der Waals surface area contributed by atoms with E-state index in [1.807, 2.05) is 12.1 Å². The van der Waals surface area contributed by atoms with Crippen molar-refractivity contribution in [2.45, 2.75) is 36.3 Å². The summed E-state index contributed by atoms with van der Waals surface area (Å²) in [7, 11) is 0. The van der Waals surface area contributed by atoms with Crippen LogP contribution in [0.4, 0.5) is 29.5 Å². The number of alkyl halides is 3. The molecule has 0 spiro atoms. The van der Waals surface area contributed by atoms with E-state index in [1.165, 1.54) is 12.1 Å². The molecule has 0 saturated carbocycles. The van der Waals surface area contributed by atoms with E-state index in [0.717, 1.165) is 17.8 Å². The van der Waals surface area contributed by atoms with E-state index in [9.17, 15) is 18.0 Å². The van der Waals surface area contributed by atoms with Gasteiger partial charge in [0, 0.05) is 35.4 Å². The predicted molar refractivity (Wildman–Crippen MR) is 131 cm³/mol. The summed E-state index contributed by atoms with van der Waals surface area (Å²) in [6.45, 7) is 6.19. The van der Waals surface area contributed by atoms with Gasteiger partial charge in [0.1, 0.15) is 11.6 Å². The topological polar surface area (TPSA) is 57.7 Å². The van der Waals surface area contributed by atoms with Gasteiger partial charge in [-0.3, -0.25) is 10.2 Å². The van der Waals surface area contributed by atoms with Crippen LogP contribution in [-0.4, -0.2) is 40.2 Å². The molecule has 1 N–H and O–H groups in total. The molecule has 4 rings (SSSR count). The molecule has 1 fully saturated rings. The lowest BCUT2D eigenvalue weighted by atomic mass is 10.0. The Hall–Kier alpha value is -3.24. The molecule has 184 valence electrons. The molecule has 1 aliphatic rings. The standard InChI is InChI=1S/C25H25F3N4O2S/c1-24(2)16-31(19-8-10-21(11-9-19)35-25(26,27)28)17-32(24)15-18-12-13-29-22(14-18)30-23(33)34-20-6-4-3-5-7-20/h3-14H,15-17H2,1-2H3,(H,29,30,33). The molecule has 10 heteroatoms. The Morgan fingerprint density at radius 3 is 2.51 bits per heavy atom. The fourth-order valence-corrected chi connectivity index (χ4v) is 4.44. The van der Waals surface area contributed by atoms with Crippen molar-refractivity contribution < 1.29 is 22.7 Å². The van der Waals surface area contributed by atoms with Gasteiger partial charge in [-0.1, -0.05) is 18.2 Å². The van der Waals surface area contributed by atoms with Gasteiger partial charge < -0.3 is 9.64 Å². The van der Waals surface area contributed by atoms with Crippen LogP contribution in [0.25, 0.3) is 0 Å². The number of para-hydroxylation sites is 1. The van der Waals surface area contributed by atoms with Crippen molar-refractivity contribution in [3.63, 3.8) is 0 Å². The van der Waals surface area contributed by atoms with E-state index in [1.54, 1.807) is 48.7 Å². The van der Waals surface area contributed by atoms with Gasteiger partial charge >= 0.3 is 11.6 Å². The number of benzene rings is 2. The SMILES string of the molecule is CC1(C)CN(c2ccc(SC(F)(F)F)cc2)CN1Cc1ccnc(NC(=O)Oc2ccccc2)c1. The summed E-state index contributed by atoms with van der Waals surface area (Å²) in [4.78, 5) is 21.0. The van der Waals surface area contributed by atoms with Crippen LogP contribution < -0.4 is 15.0 Å². The average molecular weight is 503 g/mol. The molecule has 2 heterocycles. The van der Waals surface area contributed by atoms with Crippen LogP contribution in [0.2, 0.25) is 0 Å². The number of carbonyl (C=O) groups excluding carboxylic acids is 1. The maximum atomic E-state index is 12.6. The molecule has 1 saturated heterocycles. The number of anilines is 2. The number of halogens is 3. The lowest BCUT2D eigenvalue weighted by molar-refractivity contribution is -0.0328. The minimum atomic E-state index is -4.30. The van der Waals surface area contributed by atoms with E-state index < -0.39 is 11.6 Å². The minimum absolute atomic E-state index is 0.114. The third-order valence-corrected chi connectivity index (χ3v) is 6.33. The summed E-state index contributed by atoms with van der Waals surface area (Å²) in [6, 6.07) is 18.9. The molecule has 0 bridgehead atoms. The van der Waals surface area contributed by atoms with Crippen LogP contribution in [0.3, 0.4) is 0 Å². The summed E-state index contributed by atoms with van der Waals surface area (Å²) in [6.07, 6.45) is 1.01. The second-order valence-electron chi connectivity index (χ2n) is 8.77. The Morgan fingerprint density at radius 1 is 1.11 bits per heavy atom. The summed E-state index contributed by atoms with van der Waals surface area (Å²) < 4.78 is 43.1. The van der Waals surface area contributed by atoms with Crippen LogP contribution in [0.15, 0.2) is 77.8 Å². The average Bonchev–Trinajstić information content (AvgIpc) is 3.08. The quantitative estimate of drug-likeness (QED) is 0.396. The lowest BCUT2D eigenvalue weighted by Gasteiger charge is -2.29. The minimum Gasteiger partial charge on any atom is -0.410 e. The maximum Gasteiger partial charge on any atom is 0.446 e. The van der Waals surface area contributed by atoms with Gasteiger partial charge in [0.15, 0.2) is 0 Å². The van der Waals surface area contributed by atoms with E-state index >= 15 is 0 Å². The van der Waals surface area contributed by atoms with E-state index in [-0.39, 0.29) is 22.2 Å². The predicted octanol–water partition coefficient (Wildman–Crippen LogP) is 6.36. The number of ether oxygens (including phenoxy) is 1. The molecule has 0 atom stereocenters. The van der Waals surface area contributed by atoms with Gasteiger partial charge in [-0.2, -0.15) is 13.2 Å². The van der Waals surface area contributed by atoms with Crippen LogP contribution in [-0.2, 0) is 6.54 Å². The third-order valence-electron chi connectivity index (χ3n) is 5.59.